The number of ether oxygens (including phenoxy) is 1. The van der Waals surface area contributed by atoms with Crippen LogP contribution in [-0.4, -0.2) is 5.16 Å². The van der Waals surface area contributed by atoms with Gasteiger partial charge in [0.25, 0.3) is 5.88 Å². The van der Waals surface area contributed by atoms with Gasteiger partial charge in [0.1, 0.15) is 7.11 Å². The topological polar surface area (TPSA) is 35.3 Å². The quantitative estimate of drug-likeness (QED) is 0.574. The molecule has 0 aliphatic heterocycles. The van der Waals surface area contributed by atoms with Crippen molar-refractivity contribution in [3.05, 3.63) is 18.7 Å². The summed E-state index contributed by atoms with van der Waals surface area (Å²) >= 11 is 0. The number of hydrogen-bond acceptors (Lipinski definition) is 3. The standard InChI is InChI=1S/C5H5FNO2/c1-3-4(6)5(8-2)7-9-3/h2H2,1H3. The number of nitrogens with zero attached hydrogens (tertiary/aromatic N) is 1. The largest absolute Gasteiger partial charge is 0.470 e. The first-order valence-electron chi connectivity index (χ1n) is 2.29. The maximum Gasteiger partial charge on any atom is 0.291 e. The van der Waals surface area contributed by atoms with Crippen LogP contribution in [0.4, 0.5) is 4.39 Å². The van der Waals surface area contributed by atoms with Crippen molar-refractivity contribution in [3.63, 3.8) is 0 Å². The molecule has 0 fully saturated rings. The highest BCUT2D eigenvalue weighted by atomic mass is 19.1. The summed E-state index contributed by atoms with van der Waals surface area (Å²) in [4.78, 5) is 0. The van der Waals surface area contributed by atoms with E-state index in [0.29, 0.717) is 0 Å². The zero-order chi connectivity index (χ0) is 6.85. The molecule has 1 heterocycles. The normalized spacial score (nSPS) is 9.67. The third-order valence-electron chi connectivity index (χ3n) is 0.899. The molecule has 0 aliphatic carbocycles. The van der Waals surface area contributed by atoms with Crippen molar-refractivity contribution in [1.82, 2.24) is 5.16 Å². The monoisotopic (exact) mass is 130 g/mol. The van der Waals surface area contributed by atoms with Crippen molar-refractivity contribution >= 4 is 0 Å². The molecule has 0 saturated heterocycles. The molecule has 9 heavy (non-hydrogen) atoms. The summed E-state index contributed by atoms with van der Waals surface area (Å²) in [5, 5.41) is 3.20. The van der Waals surface area contributed by atoms with Crippen LogP contribution >= 0.6 is 0 Å². The molecule has 0 aliphatic rings. The summed E-state index contributed by atoms with van der Waals surface area (Å²) < 4.78 is 21.1. The minimum Gasteiger partial charge on any atom is -0.470 e. The molecule has 1 rings (SSSR count). The molecule has 0 atom stereocenters. The van der Waals surface area contributed by atoms with E-state index in [-0.39, 0.29) is 11.6 Å². The van der Waals surface area contributed by atoms with Gasteiger partial charge < -0.3 is 9.26 Å². The van der Waals surface area contributed by atoms with Crippen LogP contribution < -0.4 is 4.74 Å². The lowest BCUT2D eigenvalue weighted by atomic mass is 10.5. The zero-order valence-corrected chi connectivity index (χ0v) is 4.85. The first-order chi connectivity index (χ1) is 4.25. The van der Waals surface area contributed by atoms with Crippen molar-refractivity contribution in [2.24, 2.45) is 0 Å². The molecular weight excluding hydrogens is 125 g/mol. The molecule has 0 saturated carbocycles. The third kappa shape index (κ3) is 0.872. The summed E-state index contributed by atoms with van der Waals surface area (Å²) in [5.41, 5.74) is 0. The van der Waals surface area contributed by atoms with Crippen LogP contribution in [0, 0.1) is 19.9 Å². The summed E-state index contributed by atoms with van der Waals surface area (Å²) in [7, 11) is 2.97. The van der Waals surface area contributed by atoms with Crippen LogP contribution in [0.25, 0.3) is 0 Å². The Kier molecular flexibility index (Phi) is 1.38. The van der Waals surface area contributed by atoms with E-state index in [4.69, 9.17) is 0 Å². The maximum absolute atomic E-state index is 12.4. The van der Waals surface area contributed by atoms with Gasteiger partial charge in [0, 0.05) is 0 Å². The Morgan fingerprint density at radius 1 is 1.78 bits per heavy atom. The molecule has 1 radical (unpaired) electrons. The van der Waals surface area contributed by atoms with E-state index >= 15 is 0 Å². The van der Waals surface area contributed by atoms with E-state index < -0.39 is 5.82 Å². The second kappa shape index (κ2) is 2.05. The molecule has 1 aromatic rings. The molecule has 0 unspecified atom stereocenters. The molecule has 49 valence electrons. The number of rotatable bonds is 1. The van der Waals surface area contributed by atoms with Gasteiger partial charge in [0.2, 0.25) is 5.82 Å². The van der Waals surface area contributed by atoms with Gasteiger partial charge in [-0.25, -0.2) is 0 Å². The van der Waals surface area contributed by atoms with Gasteiger partial charge in [-0.1, -0.05) is 0 Å². The lowest BCUT2D eigenvalue weighted by Crippen LogP contribution is -1.81. The van der Waals surface area contributed by atoms with Gasteiger partial charge >= 0.3 is 0 Å². The van der Waals surface area contributed by atoms with Gasteiger partial charge in [-0.05, 0) is 12.1 Å². The van der Waals surface area contributed by atoms with Gasteiger partial charge in [0.05, 0.1) is 0 Å². The van der Waals surface area contributed by atoms with Crippen molar-refractivity contribution in [1.29, 1.82) is 0 Å². The van der Waals surface area contributed by atoms with E-state index in [2.05, 4.69) is 21.5 Å². The molecule has 0 N–H and O–H groups in total. The Labute approximate surface area is 51.4 Å². The summed E-state index contributed by atoms with van der Waals surface area (Å²) in [6.45, 7) is 1.45. The number of aryl methyl sites for hydroxylation is 1. The van der Waals surface area contributed by atoms with Crippen LogP contribution in [0.1, 0.15) is 5.76 Å². The van der Waals surface area contributed by atoms with Crippen LogP contribution in [0.15, 0.2) is 4.52 Å². The van der Waals surface area contributed by atoms with Crippen molar-refractivity contribution < 1.29 is 13.7 Å². The highest BCUT2D eigenvalue weighted by Crippen LogP contribution is 2.16. The zero-order valence-electron chi connectivity index (χ0n) is 4.85. The fraction of sp³-hybridized carbons (Fsp3) is 0.200. The molecule has 0 amide bonds. The first-order valence-corrected chi connectivity index (χ1v) is 2.29. The molecule has 1 aromatic heterocycles. The highest BCUT2D eigenvalue weighted by Gasteiger charge is 2.10. The predicted molar refractivity (Wildman–Crippen MR) is 27.2 cm³/mol. The number of halogens is 1. The van der Waals surface area contributed by atoms with Crippen molar-refractivity contribution in [2.45, 2.75) is 6.92 Å². The van der Waals surface area contributed by atoms with Crippen LogP contribution in [0.2, 0.25) is 0 Å². The summed E-state index contributed by atoms with van der Waals surface area (Å²) in [5.74, 6) is -0.689. The van der Waals surface area contributed by atoms with Crippen LogP contribution in [-0.2, 0) is 0 Å². The number of hydrogen-bond donors (Lipinski definition) is 0. The lowest BCUT2D eigenvalue weighted by molar-refractivity contribution is 0.351. The molecule has 0 spiro atoms. The predicted octanol–water partition coefficient (Wildman–Crippen LogP) is 1.29. The average molecular weight is 130 g/mol. The molecule has 3 nitrogen and oxygen atoms in total. The molecular formula is C5H5FNO2. The third-order valence-corrected chi connectivity index (χ3v) is 0.899. The molecule has 0 aromatic carbocycles. The van der Waals surface area contributed by atoms with Gasteiger partial charge in [-0.15, -0.1) is 0 Å². The second-order valence-corrected chi connectivity index (χ2v) is 1.50. The Hall–Kier alpha value is -1.06. The number of aromatic nitrogens is 1. The minimum absolute atomic E-state index is 0.105. The van der Waals surface area contributed by atoms with Crippen LogP contribution in [0.5, 0.6) is 5.88 Å². The first kappa shape index (κ1) is 6.07. The van der Waals surface area contributed by atoms with Gasteiger partial charge in [-0.2, -0.15) is 4.39 Å². The van der Waals surface area contributed by atoms with Crippen molar-refractivity contribution in [3.8, 4) is 5.88 Å². The van der Waals surface area contributed by atoms with E-state index in [1.165, 1.54) is 6.92 Å². The van der Waals surface area contributed by atoms with Crippen LogP contribution in [0.3, 0.4) is 0 Å². The van der Waals surface area contributed by atoms with E-state index in [1.54, 1.807) is 0 Å². The smallest absolute Gasteiger partial charge is 0.291 e. The molecule has 4 heteroatoms. The Bertz CT molecular complexity index is 209. The van der Waals surface area contributed by atoms with E-state index in [0.717, 1.165) is 0 Å². The Morgan fingerprint density at radius 2 is 2.44 bits per heavy atom. The maximum atomic E-state index is 12.4. The van der Waals surface area contributed by atoms with E-state index in [1.807, 2.05) is 0 Å². The fourth-order valence-electron chi connectivity index (χ4n) is 0.430. The Morgan fingerprint density at radius 3 is 2.67 bits per heavy atom. The fourth-order valence-corrected chi connectivity index (χ4v) is 0.430. The Balaban J connectivity index is 3.04. The average Bonchev–Trinajstić information content (AvgIpc) is 2.15. The minimum atomic E-state index is -0.593. The van der Waals surface area contributed by atoms with Gasteiger partial charge in [-0.3, -0.25) is 0 Å². The summed E-state index contributed by atoms with van der Waals surface area (Å²) in [6, 6.07) is 0. The highest BCUT2D eigenvalue weighted by molar-refractivity contribution is 5.13. The van der Waals surface area contributed by atoms with Gasteiger partial charge in [0.15, 0.2) is 5.76 Å². The lowest BCUT2D eigenvalue weighted by Gasteiger charge is -1.85. The SMILES string of the molecule is [CH2]Oc1noc(C)c1F. The molecule has 0 bridgehead atoms. The summed E-state index contributed by atoms with van der Waals surface area (Å²) in [6.07, 6.45) is 0. The van der Waals surface area contributed by atoms with E-state index in [9.17, 15) is 4.39 Å². The second-order valence-electron chi connectivity index (χ2n) is 1.50. The van der Waals surface area contributed by atoms with Crippen molar-refractivity contribution in [2.75, 3.05) is 0 Å².